The zero-order valence-corrected chi connectivity index (χ0v) is 9.57. The highest BCUT2D eigenvalue weighted by molar-refractivity contribution is 5.65. The maximum atomic E-state index is 9.82. The molecule has 0 aliphatic carbocycles. The van der Waals surface area contributed by atoms with Crippen LogP contribution in [0.2, 0.25) is 0 Å². The van der Waals surface area contributed by atoms with E-state index in [0.29, 0.717) is 6.61 Å². The molecule has 0 aliphatic rings. The normalized spacial score (nSPS) is 10.9. The minimum atomic E-state index is -0.211. The average Bonchev–Trinajstić information content (AvgIpc) is 2.20. The molecule has 84 valence electrons. The van der Waals surface area contributed by atoms with E-state index in [0.717, 1.165) is 0 Å². The lowest BCUT2D eigenvalue weighted by atomic mass is 10.1. The van der Waals surface area contributed by atoms with Crippen LogP contribution in [0.1, 0.15) is 32.4 Å². The summed E-state index contributed by atoms with van der Waals surface area (Å²) in [5.74, 6) is -0.211. The van der Waals surface area contributed by atoms with Gasteiger partial charge in [-0.3, -0.25) is 4.79 Å². The third-order valence-electron chi connectivity index (χ3n) is 1.67. The lowest BCUT2D eigenvalue weighted by molar-refractivity contribution is -0.140. The SMILES string of the molecule is CC(N)c1ccccc1.CCOC(C)=O. The predicted molar refractivity (Wildman–Crippen MR) is 61.4 cm³/mol. The van der Waals surface area contributed by atoms with Gasteiger partial charge >= 0.3 is 5.97 Å². The van der Waals surface area contributed by atoms with Crippen LogP contribution >= 0.6 is 0 Å². The summed E-state index contributed by atoms with van der Waals surface area (Å²) in [5.41, 5.74) is 6.81. The Morgan fingerprint density at radius 3 is 2.13 bits per heavy atom. The molecule has 1 aromatic rings. The molecule has 1 unspecified atom stereocenters. The maximum Gasteiger partial charge on any atom is 0.302 e. The molecule has 0 aromatic heterocycles. The van der Waals surface area contributed by atoms with Crippen molar-refractivity contribution in [3.8, 4) is 0 Å². The number of benzene rings is 1. The number of hydrogen-bond acceptors (Lipinski definition) is 3. The Bertz CT molecular complexity index is 270. The Balaban J connectivity index is 0.000000288. The van der Waals surface area contributed by atoms with Crippen molar-refractivity contribution >= 4 is 5.97 Å². The van der Waals surface area contributed by atoms with Gasteiger partial charge in [-0.15, -0.1) is 0 Å². The van der Waals surface area contributed by atoms with Crippen molar-refractivity contribution in [2.45, 2.75) is 26.8 Å². The van der Waals surface area contributed by atoms with E-state index in [4.69, 9.17) is 5.73 Å². The third kappa shape index (κ3) is 7.70. The van der Waals surface area contributed by atoms with Crippen LogP contribution in [0.4, 0.5) is 0 Å². The van der Waals surface area contributed by atoms with Crippen LogP contribution in [-0.2, 0) is 9.53 Å². The Kier molecular flexibility index (Phi) is 7.28. The summed E-state index contributed by atoms with van der Waals surface area (Å²) in [5, 5.41) is 0. The minimum Gasteiger partial charge on any atom is -0.466 e. The minimum absolute atomic E-state index is 0.159. The van der Waals surface area contributed by atoms with E-state index in [-0.39, 0.29) is 12.0 Å². The molecule has 2 N–H and O–H groups in total. The van der Waals surface area contributed by atoms with Crippen LogP contribution in [0.3, 0.4) is 0 Å². The number of carbonyl (C=O) groups excluding carboxylic acids is 1. The summed E-state index contributed by atoms with van der Waals surface area (Å²) in [7, 11) is 0. The zero-order valence-electron chi connectivity index (χ0n) is 9.57. The van der Waals surface area contributed by atoms with Gasteiger partial charge in [-0.1, -0.05) is 30.3 Å². The Morgan fingerprint density at radius 1 is 1.40 bits per heavy atom. The summed E-state index contributed by atoms with van der Waals surface area (Å²) in [6, 6.07) is 10.2. The van der Waals surface area contributed by atoms with Gasteiger partial charge in [-0.2, -0.15) is 0 Å². The van der Waals surface area contributed by atoms with Crippen molar-refractivity contribution in [1.29, 1.82) is 0 Å². The molecule has 0 heterocycles. The van der Waals surface area contributed by atoms with Crippen LogP contribution < -0.4 is 5.73 Å². The van der Waals surface area contributed by atoms with Gasteiger partial charge in [0, 0.05) is 13.0 Å². The van der Waals surface area contributed by atoms with E-state index in [9.17, 15) is 4.79 Å². The van der Waals surface area contributed by atoms with Gasteiger partial charge in [0.25, 0.3) is 0 Å². The summed E-state index contributed by atoms with van der Waals surface area (Å²) < 4.78 is 4.40. The van der Waals surface area contributed by atoms with Crippen LogP contribution in [0.5, 0.6) is 0 Å². The topological polar surface area (TPSA) is 52.3 Å². The molecule has 1 aromatic carbocycles. The first kappa shape index (κ1) is 13.7. The zero-order chi connectivity index (χ0) is 11.7. The van der Waals surface area contributed by atoms with Crippen LogP contribution in [0, 0.1) is 0 Å². The van der Waals surface area contributed by atoms with Crippen molar-refractivity contribution in [3.63, 3.8) is 0 Å². The van der Waals surface area contributed by atoms with E-state index in [1.54, 1.807) is 6.92 Å². The molecular weight excluding hydrogens is 190 g/mol. The summed E-state index contributed by atoms with van der Waals surface area (Å²) in [6.45, 7) is 5.63. The second-order valence-electron chi connectivity index (χ2n) is 3.12. The molecule has 0 spiro atoms. The fraction of sp³-hybridized carbons (Fsp3) is 0.417. The fourth-order valence-corrected chi connectivity index (χ4v) is 0.960. The van der Waals surface area contributed by atoms with E-state index in [2.05, 4.69) is 4.74 Å². The Morgan fingerprint density at radius 2 is 1.93 bits per heavy atom. The molecule has 0 amide bonds. The quantitative estimate of drug-likeness (QED) is 0.760. The summed E-state index contributed by atoms with van der Waals surface area (Å²) in [6.07, 6.45) is 0. The molecule has 15 heavy (non-hydrogen) atoms. The van der Waals surface area contributed by atoms with Crippen LogP contribution in [0.25, 0.3) is 0 Å². The monoisotopic (exact) mass is 209 g/mol. The van der Waals surface area contributed by atoms with Gasteiger partial charge in [0.15, 0.2) is 0 Å². The highest BCUT2D eigenvalue weighted by Crippen LogP contribution is 2.06. The van der Waals surface area contributed by atoms with Gasteiger partial charge in [0.05, 0.1) is 6.61 Å². The second kappa shape index (κ2) is 8.00. The Labute approximate surface area is 91.2 Å². The van der Waals surface area contributed by atoms with E-state index >= 15 is 0 Å². The number of ether oxygens (including phenoxy) is 1. The number of rotatable bonds is 2. The third-order valence-corrected chi connectivity index (χ3v) is 1.67. The van der Waals surface area contributed by atoms with E-state index in [1.165, 1.54) is 12.5 Å². The molecule has 0 saturated carbocycles. The first-order chi connectivity index (χ1) is 7.07. The number of hydrogen-bond donors (Lipinski definition) is 1. The molecule has 3 heteroatoms. The van der Waals surface area contributed by atoms with Crippen molar-refractivity contribution in [3.05, 3.63) is 35.9 Å². The lowest BCUT2D eigenvalue weighted by Gasteiger charge is -2.02. The van der Waals surface area contributed by atoms with Gasteiger partial charge in [0.1, 0.15) is 0 Å². The smallest absolute Gasteiger partial charge is 0.302 e. The molecule has 0 fully saturated rings. The average molecular weight is 209 g/mol. The van der Waals surface area contributed by atoms with Gasteiger partial charge in [-0.25, -0.2) is 0 Å². The van der Waals surface area contributed by atoms with Crippen molar-refractivity contribution in [2.75, 3.05) is 6.61 Å². The highest BCUT2D eigenvalue weighted by Gasteiger charge is 1.93. The van der Waals surface area contributed by atoms with Gasteiger partial charge < -0.3 is 10.5 Å². The summed E-state index contributed by atoms with van der Waals surface area (Å²) >= 11 is 0. The molecule has 1 atom stereocenters. The Hall–Kier alpha value is -1.35. The lowest BCUT2D eigenvalue weighted by Crippen LogP contribution is -2.03. The number of esters is 1. The van der Waals surface area contributed by atoms with Crippen LogP contribution in [-0.4, -0.2) is 12.6 Å². The van der Waals surface area contributed by atoms with Crippen molar-refractivity contribution in [1.82, 2.24) is 0 Å². The summed E-state index contributed by atoms with van der Waals surface area (Å²) in [4.78, 5) is 9.82. The largest absolute Gasteiger partial charge is 0.466 e. The molecule has 3 nitrogen and oxygen atoms in total. The molecule has 0 saturated heterocycles. The van der Waals surface area contributed by atoms with Crippen molar-refractivity contribution in [2.24, 2.45) is 5.73 Å². The van der Waals surface area contributed by atoms with Crippen molar-refractivity contribution < 1.29 is 9.53 Å². The van der Waals surface area contributed by atoms with E-state index < -0.39 is 0 Å². The van der Waals surface area contributed by atoms with E-state index in [1.807, 2.05) is 37.3 Å². The van der Waals surface area contributed by atoms with Gasteiger partial charge in [0.2, 0.25) is 0 Å². The first-order valence-corrected chi connectivity index (χ1v) is 5.01. The molecule has 0 bridgehead atoms. The fourth-order valence-electron chi connectivity index (χ4n) is 0.960. The van der Waals surface area contributed by atoms with Gasteiger partial charge in [-0.05, 0) is 19.4 Å². The highest BCUT2D eigenvalue weighted by atomic mass is 16.5. The number of nitrogens with two attached hydrogens (primary N) is 1. The molecule has 1 rings (SSSR count). The predicted octanol–water partition coefficient (Wildman–Crippen LogP) is 2.28. The molecular formula is C12H19NO2. The standard InChI is InChI=1S/C8H11N.C4H8O2/c1-7(9)8-5-3-2-4-6-8;1-3-6-4(2)5/h2-7H,9H2,1H3;3H2,1-2H3. The van der Waals surface area contributed by atoms with Crippen LogP contribution in [0.15, 0.2) is 30.3 Å². The molecule has 0 aliphatic heterocycles. The first-order valence-electron chi connectivity index (χ1n) is 5.01. The molecule has 0 radical (unpaired) electrons. The second-order valence-corrected chi connectivity index (χ2v) is 3.12. The number of carbonyl (C=O) groups is 1. The maximum absolute atomic E-state index is 9.82.